The molecule has 0 radical (unpaired) electrons. The van der Waals surface area contributed by atoms with Gasteiger partial charge in [0, 0.05) is 19.7 Å². The molecule has 0 heterocycles. The smallest absolute Gasteiger partial charge is 0.226 e. The largest absolute Gasteiger partial charge is 0.489 e. The fraction of sp³-hybridized carbons (Fsp3) is 0.194. The van der Waals surface area contributed by atoms with Crippen LogP contribution in [0.5, 0.6) is 11.5 Å². The van der Waals surface area contributed by atoms with Gasteiger partial charge in [0.05, 0.1) is 6.42 Å². The van der Waals surface area contributed by atoms with Crippen molar-refractivity contribution in [2.75, 3.05) is 13.6 Å². The standard InChI is InChI=1S/C31H31NO3/c1-32(18-17-25-11-5-2-6-12-25)31(33)21-28-19-29(34-23-26-13-7-3-8-14-26)22-30(20-28)35-24-27-15-9-4-10-16-27/h2-16,19-20,22H,17-18,21,23-24H2,1H3. The van der Waals surface area contributed by atoms with Crippen molar-refractivity contribution in [1.29, 1.82) is 0 Å². The number of likely N-dealkylation sites (N-methyl/N-ethyl adjacent to an activating group) is 1. The van der Waals surface area contributed by atoms with Gasteiger partial charge in [-0.2, -0.15) is 0 Å². The molecule has 0 spiro atoms. The van der Waals surface area contributed by atoms with Crippen LogP contribution in [0.4, 0.5) is 0 Å². The first-order chi connectivity index (χ1) is 17.2. The quantitative estimate of drug-likeness (QED) is 0.269. The zero-order valence-electron chi connectivity index (χ0n) is 20.1. The summed E-state index contributed by atoms with van der Waals surface area (Å²) in [6.07, 6.45) is 1.12. The Kier molecular flexibility index (Phi) is 8.55. The monoisotopic (exact) mass is 465 g/mol. The Hall–Kier alpha value is -4.05. The van der Waals surface area contributed by atoms with Gasteiger partial charge < -0.3 is 14.4 Å². The van der Waals surface area contributed by atoms with E-state index in [0.717, 1.165) is 23.1 Å². The van der Waals surface area contributed by atoms with Gasteiger partial charge in [0.15, 0.2) is 0 Å². The topological polar surface area (TPSA) is 38.8 Å². The molecule has 0 N–H and O–H groups in total. The molecule has 35 heavy (non-hydrogen) atoms. The van der Waals surface area contributed by atoms with E-state index in [0.29, 0.717) is 31.3 Å². The maximum absolute atomic E-state index is 13.0. The van der Waals surface area contributed by atoms with Crippen molar-refractivity contribution >= 4 is 5.91 Å². The molecule has 0 bridgehead atoms. The first-order valence-corrected chi connectivity index (χ1v) is 11.9. The SMILES string of the molecule is CN(CCc1ccccc1)C(=O)Cc1cc(OCc2ccccc2)cc(OCc2ccccc2)c1. The first-order valence-electron chi connectivity index (χ1n) is 11.9. The second-order valence-corrected chi connectivity index (χ2v) is 8.59. The van der Waals surface area contributed by atoms with Gasteiger partial charge >= 0.3 is 0 Å². The zero-order chi connectivity index (χ0) is 24.3. The minimum Gasteiger partial charge on any atom is -0.489 e. The molecule has 0 atom stereocenters. The lowest BCUT2D eigenvalue weighted by Crippen LogP contribution is -2.30. The molecule has 4 heteroatoms. The molecular formula is C31H31NO3. The molecule has 0 unspecified atom stereocenters. The molecule has 0 saturated heterocycles. The van der Waals surface area contributed by atoms with Crippen LogP contribution in [0.2, 0.25) is 0 Å². The average molecular weight is 466 g/mol. The van der Waals surface area contributed by atoms with E-state index >= 15 is 0 Å². The lowest BCUT2D eigenvalue weighted by Gasteiger charge is -2.18. The van der Waals surface area contributed by atoms with Gasteiger partial charge in [-0.25, -0.2) is 0 Å². The summed E-state index contributed by atoms with van der Waals surface area (Å²) in [5.74, 6) is 1.44. The van der Waals surface area contributed by atoms with E-state index < -0.39 is 0 Å². The summed E-state index contributed by atoms with van der Waals surface area (Å²) in [5, 5.41) is 0. The van der Waals surface area contributed by atoms with Crippen molar-refractivity contribution < 1.29 is 14.3 Å². The predicted molar refractivity (Wildman–Crippen MR) is 139 cm³/mol. The van der Waals surface area contributed by atoms with E-state index in [4.69, 9.17) is 9.47 Å². The fourth-order valence-electron chi connectivity index (χ4n) is 3.76. The molecule has 4 aromatic rings. The van der Waals surface area contributed by atoms with Crippen LogP contribution in [-0.2, 0) is 30.8 Å². The number of benzene rings is 4. The lowest BCUT2D eigenvalue weighted by atomic mass is 10.1. The minimum atomic E-state index is 0.0650. The number of nitrogens with zero attached hydrogens (tertiary/aromatic N) is 1. The molecule has 0 fully saturated rings. The fourth-order valence-corrected chi connectivity index (χ4v) is 3.76. The molecule has 0 aliphatic rings. The van der Waals surface area contributed by atoms with E-state index in [1.165, 1.54) is 5.56 Å². The number of hydrogen-bond donors (Lipinski definition) is 0. The van der Waals surface area contributed by atoms with Crippen LogP contribution >= 0.6 is 0 Å². The van der Waals surface area contributed by atoms with Crippen molar-refractivity contribution in [3.05, 3.63) is 131 Å². The Morgan fingerprint density at radius 2 is 1.09 bits per heavy atom. The van der Waals surface area contributed by atoms with Crippen LogP contribution in [0.15, 0.2) is 109 Å². The highest BCUT2D eigenvalue weighted by Crippen LogP contribution is 2.25. The summed E-state index contributed by atoms with van der Waals surface area (Å²) in [6.45, 7) is 1.57. The Bertz CT molecular complexity index is 1130. The number of rotatable bonds is 11. The highest BCUT2D eigenvalue weighted by Gasteiger charge is 2.13. The van der Waals surface area contributed by atoms with E-state index in [2.05, 4.69) is 12.1 Å². The van der Waals surface area contributed by atoms with E-state index in [1.807, 2.05) is 104 Å². The number of amides is 1. The molecule has 0 saturated carbocycles. The Balaban J connectivity index is 1.43. The summed E-state index contributed by atoms with van der Waals surface area (Å²) in [5.41, 5.74) is 4.26. The molecule has 0 aliphatic carbocycles. The van der Waals surface area contributed by atoms with Gasteiger partial charge in [-0.3, -0.25) is 4.79 Å². The maximum atomic E-state index is 13.0. The van der Waals surface area contributed by atoms with Crippen molar-refractivity contribution in [2.24, 2.45) is 0 Å². The molecule has 0 aromatic heterocycles. The van der Waals surface area contributed by atoms with Crippen LogP contribution in [0, 0.1) is 0 Å². The third-order valence-corrected chi connectivity index (χ3v) is 5.80. The first kappa shape index (κ1) is 24.1. The summed E-state index contributed by atoms with van der Waals surface area (Å²) in [7, 11) is 1.86. The van der Waals surface area contributed by atoms with Crippen molar-refractivity contribution in [3.8, 4) is 11.5 Å². The van der Waals surface area contributed by atoms with E-state index in [9.17, 15) is 4.79 Å². The number of ether oxygens (including phenoxy) is 2. The van der Waals surface area contributed by atoms with Crippen LogP contribution in [-0.4, -0.2) is 24.4 Å². The molecule has 4 aromatic carbocycles. The molecule has 178 valence electrons. The summed E-state index contributed by atoms with van der Waals surface area (Å²) in [4.78, 5) is 14.7. The maximum Gasteiger partial charge on any atom is 0.226 e. The second kappa shape index (κ2) is 12.4. The lowest BCUT2D eigenvalue weighted by molar-refractivity contribution is -0.129. The Morgan fingerprint density at radius 3 is 1.57 bits per heavy atom. The second-order valence-electron chi connectivity index (χ2n) is 8.59. The molecule has 1 amide bonds. The van der Waals surface area contributed by atoms with Crippen LogP contribution in [0.25, 0.3) is 0 Å². The molecule has 4 rings (SSSR count). The van der Waals surface area contributed by atoms with Crippen LogP contribution < -0.4 is 9.47 Å². The highest BCUT2D eigenvalue weighted by atomic mass is 16.5. The zero-order valence-corrected chi connectivity index (χ0v) is 20.1. The number of hydrogen-bond acceptors (Lipinski definition) is 3. The van der Waals surface area contributed by atoms with Crippen molar-refractivity contribution in [2.45, 2.75) is 26.1 Å². The van der Waals surface area contributed by atoms with E-state index in [1.54, 1.807) is 4.90 Å². The average Bonchev–Trinajstić information content (AvgIpc) is 2.91. The normalized spacial score (nSPS) is 10.5. The predicted octanol–water partition coefficient (Wildman–Crippen LogP) is 6.09. The number of carbonyl (C=O) groups is 1. The Labute approximate surface area is 207 Å². The van der Waals surface area contributed by atoms with Gasteiger partial charge in [-0.15, -0.1) is 0 Å². The van der Waals surface area contributed by atoms with Gasteiger partial charge in [-0.1, -0.05) is 91.0 Å². The molecular weight excluding hydrogens is 434 g/mol. The van der Waals surface area contributed by atoms with Crippen LogP contribution in [0.3, 0.4) is 0 Å². The van der Waals surface area contributed by atoms with Crippen LogP contribution in [0.1, 0.15) is 22.3 Å². The van der Waals surface area contributed by atoms with Gasteiger partial charge in [0.25, 0.3) is 0 Å². The molecule has 4 nitrogen and oxygen atoms in total. The summed E-state index contributed by atoms with van der Waals surface area (Å²) < 4.78 is 12.1. The van der Waals surface area contributed by atoms with E-state index in [-0.39, 0.29) is 12.3 Å². The van der Waals surface area contributed by atoms with Crippen molar-refractivity contribution in [3.63, 3.8) is 0 Å². The summed E-state index contributed by atoms with van der Waals surface area (Å²) >= 11 is 0. The highest BCUT2D eigenvalue weighted by molar-refractivity contribution is 5.78. The molecule has 0 aliphatic heterocycles. The van der Waals surface area contributed by atoms with Gasteiger partial charge in [-0.05, 0) is 40.8 Å². The van der Waals surface area contributed by atoms with Gasteiger partial charge in [0.2, 0.25) is 5.91 Å². The third kappa shape index (κ3) is 7.75. The summed E-state index contributed by atoms with van der Waals surface area (Å²) in [6, 6.07) is 36.0. The Morgan fingerprint density at radius 1 is 0.629 bits per heavy atom. The minimum absolute atomic E-state index is 0.0650. The van der Waals surface area contributed by atoms with Crippen molar-refractivity contribution in [1.82, 2.24) is 4.90 Å². The van der Waals surface area contributed by atoms with Gasteiger partial charge in [0.1, 0.15) is 24.7 Å². The third-order valence-electron chi connectivity index (χ3n) is 5.80. The number of carbonyl (C=O) groups excluding carboxylic acids is 1.